The molecule has 1 saturated carbocycles. The van der Waals surface area contributed by atoms with Crippen molar-refractivity contribution in [1.82, 2.24) is 4.90 Å². The van der Waals surface area contributed by atoms with Gasteiger partial charge in [0.15, 0.2) is 0 Å². The third-order valence-electron chi connectivity index (χ3n) is 6.19. The Bertz CT molecular complexity index is 764. The van der Waals surface area contributed by atoms with E-state index >= 15 is 0 Å². The second-order valence-electron chi connectivity index (χ2n) is 7.73. The number of benzene rings is 2. The van der Waals surface area contributed by atoms with Crippen molar-refractivity contribution in [3.05, 3.63) is 71.8 Å². The Morgan fingerprint density at radius 2 is 1.70 bits per heavy atom. The molecule has 4 nitrogen and oxygen atoms in total. The van der Waals surface area contributed by atoms with Gasteiger partial charge in [0.25, 0.3) is 0 Å². The van der Waals surface area contributed by atoms with Gasteiger partial charge in [0.1, 0.15) is 6.61 Å². The summed E-state index contributed by atoms with van der Waals surface area (Å²) < 4.78 is 5.60. The summed E-state index contributed by atoms with van der Waals surface area (Å²) in [6.45, 7) is 0.816. The molecule has 2 aromatic carbocycles. The van der Waals surface area contributed by atoms with E-state index in [2.05, 4.69) is 0 Å². The topological polar surface area (TPSA) is 49.8 Å². The molecule has 4 rings (SSSR count). The molecule has 2 fully saturated rings. The van der Waals surface area contributed by atoms with E-state index in [0.717, 1.165) is 36.8 Å². The molecule has 0 radical (unpaired) electrons. The number of ether oxygens (including phenoxy) is 1. The quantitative estimate of drug-likeness (QED) is 0.873. The normalized spacial score (nSPS) is 27.7. The van der Waals surface area contributed by atoms with Crippen LogP contribution in [0, 0.1) is 5.92 Å². The van der Waals surface area contributed by atoms with Crippen molar-refractivity contribution < 1.29 is 14.6 Å². The minimum atomic E-state index is -0.859. The van der Waals surface area contributed by atoms with Gasteiger partial charge in [-0.3, -0.25) is 0 Å². The van der Waals surface area contributed by atoms with Crippen molar-refractivity contribution in [2.24, 2.45) is 5.92 Å². The van der Waals surface area contributed by atoms with Crippen LogP contribution in [0.2, 0.25) is 0 Å². The fourth-order valence-corrected chi connectivity index (χ4v) is 4.80. The zero-order valence-electron chi connectivity index (χ0n) is 15.6. The Labute approximate surface area is 160 Å². The smallest absolute Gasteiger partial charge is 0.410 e. The monoisotopic (exact) mass is 365 g/mol. The number of rotatable bonds is 3. The van der Waals surface area contributed by atoms with Gasteiger partial charge in [-0.25, -0.2) is 4.79 Å². The predicted octanol–water partition coefficient (Wildman–Crippen LogP) is 4.48. The van der Waals surface area contributed by atoms with Crippen molar-refractivity contribution in [2.75, 3.05) is 6.54 Å². The number of nitrogens with zero attached hydrogens (tertiary/aromatic N) is 1. The summed E-state index contributed by atoms with van der Waals surface area (Å²) in [6.07, 6.45) is 4.36. The maximum Gasteiger partial charge on any atom is 0.410 e. The lowest BCUT2D eigenvalue weighted by Gasteiger charge is -2.52. The Balaban J connectivity index is 1.50. The van der Waals surface area contributed by atoms with Gasteiger partial charge in [0.05, 0.1) is 5.60 Å². The molecule has 0 spiro atoms. The molecule has 0 bridgehead atoms. The number of piperidine rings is 1. The highest BCUT2D eigenvalue weighted by Crippen LogP contribution is 2.47. The first-order valence-electron chi connectivity index (χ1n) is 9.94. The van der Waals surface area contributed by atoms with Crippen LogP contribution in [0.25, 0.3) is 0 Å². The van der Waals surface area contributed by atoms with E-state index in [4.69, 9.17) is 4.74 Å². The molecule has 4 heteroatoms. The molecule has 1 aliphatic heterocycles. The van der Waals surface area contributed by atoms with Gasteiger partial charge in [-0.05, 0) is 30.4 Å². The van der Waals surface area contributed by atoms with Crippen molar-refractivity contribution in [1.29, 1.82) is 0 Å². The Kier molecular flexibility index (Phi) is 5.17. The minimum Gasteiger partial charge on any atom is -0.445 e. The number of aliphatic hydroxyl groups is 1. The first-order chi connectivity index (χ1) is 13.2. The number of hydrogen-bond donors (Lipinski definition) is 1. The summed E-state index contributed by atoms with van der Waals surface area (Å²) in [5, 5.41) is 11.6. The second kappa shape index (κ2) is 7.73. The van der Waals surface area contributed by atoms with Crippen LogP contribution in [0.3, 0.4) is 0 Å². The van der Waals surface area contributed by atoms with E-state index in [1.165, 1.54) is 0 Å². The first-order valence-corrected chi connectivity index (χ1v) is 9.94. The van der Waals surface area contributed by atoms with Crippen LogP contribution in [0.5, 0.6) is 0 Å². The maximum atomic E-state index is 12.8. The van der Waals surface area contributed by atoms with E-state index in [-0.39, 0.29) is 24.7 Å². The van der Waals surface area contributed by atoms with Gasteiger partial charge in [0, 0.05) is 18.5 Å². The molecule has 1 aliphatic carbocycles. The van der Waals surface area contributed by atoms with E-state index in [1.807, 2.05) is 65.6 Å². The Morgan fingerprint density at radius 3 is 2.44 bits per heavy atom. The number of hydrogen-bond acceptors (Lipinski definition) is 3. The molecule has 2 aliphatic rings. The summed E-state index contributed by atoms with van der Waals surface area (Å²) in [5.74, 6) is 0.0617. The van der Waals surface area contributed by atoms with Crippen LogP contribution < -0.4 is 0 Å². The summed E-state index contributed by atoms with van der Waals surface area (Å²) >= 11 is 0. The molecule has 0 aromatic heterocycles. The van der Waals surface area contributed by atoms with Gasteiger partial charge in [-0.2, -0.15) is 0 Å². The van der Waals surface area contributed by atoms with Crippen molar-refractivity contribution in [3.8, 4) is 0 Å². The molecule has 1 N–H and O–H groups in total. The predicted molar refractivity (Wildman–Crippen MR) is 104 cm³/mol. The van der Waals surface area contributed by atoms with Crippen LogP contribution in [-0.4, -0.2) is 28.7 Å². The van der Waals surface area contributed by atoms with Crippen LogP contribution in [-0.2, 0) is 16.9 Å². The fourth-order valence-electron chi connectivity index (χ4n) is 4.80. The standard InChI is InChI=1S/C23H27NO3/c25-22(27-17-18-9-3-1-4-10-18)24-16-15-23(26,19-11-5-2-6-12-19)20-13-7-8-14-21(20)24/h1-6,9-12,20-21,26H,7-8,13-17H2/t20-,21?,23-/m0/s1. The molecule has 1 heterocycles. The lowest BCUT2D eigenvalue weighted by Crippen LogP contribution is -2.59. The number of carbonyl (C=O) groups excluding carboxylic acids is 1. The van der Waals surface area contributed by atoms with E-state index in [0.29, 0.717) is 13.0 Å². The molecular formula is C23H27NO3. The van der Waals surface area contributed by atoms with E-state index in [1.54, 1.807) is 0 Å². The third kappa shape index (κ3) is 3.59. The SMILES string of the molecule is O=C(OCc1ccccc1)N1CC[C@](O)(c2ccccc2)[C@H]2CCCCC21. The molecular weight excluding hydrogens is 338 g/mol. The minimum absolute atomic E-state index is 0.0426. The number of carbonyl (C=O) groups is 1. The molecule has 27 heavy (non-hydrogen) atoms. The van der Waals surface area contributed by atoms with Crippen LogP contribution >= 0.6 is 0 Å². The zero-order valence-corrected chi connectivity index (χ0v) is 15.6. The molecule has 2 aromatic rings. The van der Waals surface area contributed by atoms with Crippen LogP contribution in [0.15, 0.2) is 60.7 Å². The first kappa shape index (κ1) is 18.1. The van der Waals surface area contributed by atoms with Gasteiger partial charge in [0.2, 0.25) is 0 Å². The Morgan fingerprint density at radius 1 is 1.04 bits per heavy atom. The lowest BCUT2D eigenvalue weighted by molar-refractivity contribution is -0.114. The summed E-state index contributed by atoms with van der Waals surface area (Å²) in [6, 6.07) is 19.8. The molecule has 3 atom stereocenters. The van der Waals surface area contributed by atoms with Gasteiger partial charge < -0.3 is 14.7 Å². The molecule has 1 unspecified atom stereocenters. The van der Waals surface area contributed by atoms with E-state index < -0.39 is 5.60 Å². The molecule has 142 valence electrons. The highest BCUT2D eigenvalue weighted by Gasteiger charge is 2.50. The van der Waals surface area contributed by atoms with Gasteiger partial charge >= 0.3 is 6.09 Å². The van der Waals surface area contributed by atoms with Crippen molar-refractivity contribution >= 4 is 6.09 Å². The summed E-state index contributed by atoms with van der Waals surface area (Å²) in [5.41, 5.74) is 1.10. The number of likely N-dealkylation sites (tertiary alicyclic amines) is 1. The largest absolute Gasteiger partial charge is 0.445 e. The van der Waals surface area contributed by atoms with Gasteiger partial charge in [-0.15, -0.1) is 0 Å². The number of amides is 1. The van der Waals surface area contributed by atoms with Gasteiger partial charge in [-0.1, -0.05) is 73.5 Å². The lowest BCUT2D eigenvalue weighted by atomic mass is 9.66. The van der Waals surface area contributed by atoms with Crippen LogP contribution in [0.1, 0.15) is 43.2 Å². The van der Waals surface area contributed by atoms with E-state index in [9.17, 15) is 9.90 Å². The highest BCUT2D eigenvalue weighted by molar-refractivity contribution is 5.68. The fraction of sp³-hybridized carbons (Fsp3) is 0.435. The zero-order chi connectivity index (χ0) is 18.7. The second-order valence-corrected chi connectivity index (χ2v) is 7.73. The van der Waals surface area contributed by atoms with Crippen LogP contribution in [0.4, 0.5) is 4.79 Å². The average Bonchev–Trinajstić information content (AvgIpc) is 2.74. The number of fused-ring (bicyclic) bond motifs is 1. The maximum absolute atomic E-state index is 12.8. The van der Waals surface area contributed by atoms with Crippen molar-refractivity contribution in [2.45, 2.75) is 50.4 Å². The summed E-state index contributed by atoms with van der Waals surface area (Å²) in [7, 11) is 0. The molecule has 1 amide bonds. The third-order valence-corrected chi connectivity index (χ3v) is 6.19. The summed E-state index contributed by atoms with van der Waals surface area (Å²) in [4.78, 5) is 14.7. The Hall–Kier alpha value is -2.33. The van der Waals surface area contributed by atoms with Crippen molar-refractivity contribution in [3.63, 3.8) is 0 Å². The average molecular weight is 365 g/mol. The molecule has 1 saturated heterocycles. The highest BCUT2D eigenvalue weighted by atomic mass is 16.6.